The van der Waals surface area contributed by atoms with Crippen LogP contribution in [-0.2, 0) is 6.18 Å². The highest BCUT2D eigenvalue weighted by atomic mass is 79.9. The van der Waals surface area contributed by atoms with Crippen molar-refractivity contribution in [2.45, 2.75) is 25.9 Å². The van der Waals surface area contributed by atoms with Crippen LogP contribution in [0.1, 0.15) is 35.7 Å². The van der Waals surface area contributed by atoms with Crippen LogP contribution < -0.4 is 5.32 Å². The smallest absolute Gasteiger partial charge is 0.352 e. The molecule has 21 heavy (non-hydrogen) atoms. The van der Waals surface area contributed by atoms with Gasteiger partial charge in [0.05, 0.1) is 11.1 Å². The summed E-state index contributed by atoms with van der Waals surface area (Å²) in [7, 11) is 0. The summed E-state index contributed by atoms with van der Waals surface area (Å²) in [5, 5.41) is 2.62. The molecule has 0 aliphatic heterocycles. The van der Waals surface area contributed by atoms with Gasteiger partial charge in [0.25, 0.3) is 5.91 Å². The van der Waals surface area contributed by atoms with E-state index in [-0.39, 0.29) is 5.56 Å². The van der Waals surface area contributed by atoms with Crippen LogP contribution in [0.2, 0.25) is 0 Å². The van der Waals surface area contributed by atoms with Gasteiger partial charge in [0.1, 0.15) is 0 Å². The highest BCUT2D eigenvalue weighted by Gasteiger charge is 2.31. The van der Waals surface area contributed by atoms with Crippen LogP contribution in [0.25, 0.3) is 0 Å². The molecule has 0 spiro atoms. The van der Waals surface area contributed by atoms with Crippen LogP contribution in [-0.4, -0.2) is 18.3 Å². The number of carbonyl (C=O) groups excluding carboxylic acids is 1. The molecule has 2 nitrogen and oxygen atoms in total. The monoisotopic (exact) mass is 385 g/mol. The summed E-state index contributed by atoms with van der Waals surface area (Å²) in [5.41, 5.74) is -0.859. The van der Waals surface area contributed by atoms with Crippen molar-refractivity contribution in [2.75, 3.05) is 12.4 Å². The van der Waals surface area contributed by atoms with Gasteiger partial charge in [-0.15, -0.1) is 11.6 Å². The van der Waals surface area contributed by atoms with Crippen LogP contribution in [0.4, 0.5) is 13.2 Å². The maximum Gasteiger partial charge on any atom is 0.416 e. The van der Waals surface area contributed by atoms with Crippen LogP contribution in [0, 0.1) is 5.92 Å². The van der Waals surface area contributed by atoms with Crippen molar-refractivity contribution < 1.29 is 18.0 Å². The molecule has 0 saturated carbocycles. The fraction of sp³-hybridized carbons (Fsp3) is 0.500. The first kappa shape index (κ1) is 18.3. The topological polar surface area (TPSA) is 29.1 Å². The number of benzene rings is 1. The molecule has 0 bridgehead atoms. The minimum absolute atomic E-state index is 0.0183. The van der Waals surface area contributed by atoms with Crippen LogP contribution in [0.5, 0.6) is 0 Å². The molecule has 0 fully saturated rings. The van der Waals surface area contributed by atoms with E-state index in [0.717, 1.165) is 25.0 Å². The summed E-state index contributed by atoms with van der Waals surface area (Å²) >= 11 is 8.77. The first-order valence-electron chi connectivity index (χ1n) is 6.46. The average Bonchev–Trinajstić information content (AvgIpc) is 2.42. The van der Waals surface area contributed by atoms with E-state index >= 15 is 0 Å². The molecule has 1 aromatic carbocycles. The van der Waals surface area contributed by atoms with Crippen molar-refractivity contribution in [3.05, 3.63) is 33.8 Å². The second kappa shape index (κ2) is 8.03. The molecule has 0 aliphatic rings. The standard InChI is InChI=1S/C14H16BrClF3NO/c1-9(8-16)3-2-6-20-13(21)11-7-10(14(17,18)19)4-5-12(11)15/h4-5,7,9H,2-3,6,8H2,1H3,(H,20,21). The summed E-state index contributed by atoms with van der Waals surface area (Å²) in [6.07, 6.45) is -2.88. The lowest BCUT2D eigenvalue weighted by Crippen LogP contribution is -2.25. The first-order valence-corrected chi connectivity index (χ1v) is 7.79. The second-order valence-electron chi connectivity index (χ2n) is 4.85. The summed E-state index contributed by atoms with van der Waals surface area (Å²) in [5.74, 6) is 0.378. The van der Waals surface area contributed by atoms with Crippen molar-refractivity contribution in [3.63, 3.8) is 0 Å². The highest BCUT2D eigenvalue weighted by molar-refractivity contribution is 9.10. The van der Waals surface area contributed by atoms with Crippen LogP contribution in [0.3, 0.4) is 0 Å². The fourth-order valence-electron chi connectivity index (χ4n) is 1.70. The zero-order valence-corrected chi connectivity index (χ0v) is 13.8. The van der Waals surface area contributed by atoms with Gasteiger partial charge < -0.3 is 5.32 Å². The number of alkyl halides is 4. The van der Waals surface area contributed by atoms with Crippen molar-refractivity contribution in [1.82, 2.24) is 5.32 Å². The number of amides is 1. The van der Waals surface area contributed by atoms with E-state index in [1.54, 1.807) is 0 Å². The van der Waals surface area contributed by atoms with Gasteiger partial charge in [0.2, 0.25) is 0 Å². The van der Waals surface area contributed by atoms with E-state index in [0.29, 0.717) is 22.8 Å². The number of nitrogens with one attached hydrogen (secondary N) is 1. The largest absolute Gasteiger partial charge is 0.416 e. The van der Waals surface area contributed by atoms with Crippen molar-refractivity contribution in [2.24, 2.45) is 5.92 Å². The Balaban J connectivity index is 2.65. The quantitative estimate of drug-likeness (QED) is 0.549. The zero-order chi connectivity index (χ0) is 16.0. The Bertz CT molecular complexity index is 494. The van der Waals surface area contributed by atoms with E-state index in [1.807, 2.05) is 6.92 Å². The van der Waals surface area contributed by atoms with Crippen molar-refractivity contribution >= 4 is 33.4 Å². The van der Waals surface area contributed by atoms with Gasteiger partial charge in [0.15, 0.2) is 0 Å². The molecule has 0 heterocycles. The first-order chi connectivity index (χ1) is 9.75. The van der Waals surface area contributed by atoms with Crippen LogP contribution >= 0.6 is 27.5 Å². The lowest BCUT2D eigenvalue weighted by atomic mass is 10.1. The maximum atomic E-state index is 12.6. The molecule has 0 aliphatic carbocycles. The zero-order valence-electron chi connectivity index (χ0n) is 11.4. The minimum Gasteiger partial charge on any atom is -0.352 e. The summed E-state index contributed by atoms with van der Waals surface area (Å²) in [6.45, 7) is 2.40. The third kappa shape index (κ3) is 5.87. The second-order valence-corrected chi connectivity index (χ2v) is 6.01. The number of hydrogen-bond donors (Lipinski definition) is 1. The minimum atomic E-state index is -4.47. The molecule has 1 unspecified atom stereocenters. The lowest BCUT2D eigenvalue weighted by Gasteiger charge is -2.11. The Hall–Kier alpha value is -0.750. The Morgan fingerprint density at radius 2 is 2.10 bits per heavy atom. The summed E-state index contributed by atoms with van der Waals surface area (Å²) < 4.78 is 38.2. The molecular formula is C14H16BrClF3NO. The number of halogens is 5. The summed E-state index contributed by atoms with van der Waals surface area (Å²) in [6, 6.07) is 3.01. The lowest BCUT2D eigenvalue weighted by molar-refractivity contribution is -0.137. The third-order valence-corrected chi connectivity index (χ3v) is 4.18. The highest BCUT2D eigenvalue weighted by Crippen LogP contribution is 2.31. The number of hydrogen-bond acceptors (Lipinski definition) is 1. The number of rotatable bonds is 6. The molecule has 0 radical (unpaired) electrons. The van der Waals surface area contributed by atoms with Crippen molar-refractivity contribution in [3.8, 4) is 0 Å². The van der Waals surface area contributed by atoms with Gasteiger partial charge in [-0.3, -0.25) is 4.79 Å². The molecule has 1 rings (SSSR count). The van der Waals surface area contributed by atoms with E-state index < -0.39 is 17.6 Å². The molecule has 0 aromatic heterocycles. The molecule has 1 aromatic rings. The van der Waals surface area contributed by atoms with Gasteiger partial charge >= 0.3 is 6.18 Å². The Kier molecular flexibility index (Phi) is 7.00. The van der Waals surface area contributed by atoms with Gasteiger partial charge in [0, 0.05) is 16.9 Å². The summed E-state index contributed by atoms with van der Waals surface area (Å²) in [4.78, 5) is 11.9. The van der Waals surface area contributed by atoms with E-state index in [9.17, 15) is 18.0 Å². The SMILES string of the molecule is CC(CCl)CCCNC(=O)c1cc(C(F)(F)F)ccc1Br. The predicted molar refractivity (Wildman–Crippen MR) is 80.6 cm³/mol. The van der Waals surface area contributed by atoms with E-state index in [2.05, 4.69) is 21.2 Å². The Morgan fingerprint density at radius 1 is 1.43 bits per heavy atom. The van der Waals surface area contributed by atoms with E-state index in [1.165, 1.54) is 6.07 Å². The van der Waals surface area contributed by atoms with E-state index in [4.69, 9.17) is 11.6 Å². The molecule has 0 saturated heterocycles. The number of carbonyl (C=O) groups is 1. The van der Waals surface area contributed by atoms with Gasteiger partial charge in [-0.1, -0.05) is 6.92 Å². The average molecular weight is 387 g/mol. The van der Waals surface area contributed by atoms with Crippen molar-refractivity contribution in [1.29, 1.82) is 0 Å². The Morgan fingerprint density at radius 3 is 2.67 bits per heavy atom. The van der Waals surface area contributed by atoms with Crippen LogP contribution in [0.15, 0.2) is 22.7 Å². The normalized spacial score (nSPS) is 13.0. The molecule has 1 amide bonds. The third-order valence-electron chi connectivity index (χ3n) is 2.96. The molecule has 118 valence electrons. The molecular weight excluding hydrogens is 371 g/mol. The molecule has 1 N–H and O–H groups in total. The maximum absolute atomic E-state index is 12.6. The van der Waals surface area contributed by atoms with Gasteiger partial charge in [-0.25, -0.2) is 0 Å². The predicted octanol–water partition coefficient (Wildman–Crippen LogP) is 4.85. The Labute approximate surface area is 135 Å². The molecule has 1 atom stereocenters. The van der Waals surface area contributed by atoms with Gasteiger partial charge in [-0.05, 0) is 52.9 Å². The molecule has 7 heteroatoms. The fourth-order valence-corrected chi connectivity index (χ4v) is 2.28. The van der Waals surface area contributed by atoms with Gasteiger partial charge in [-0.2, -0.15) is 13.2 Å².